The zero-order valence-electron chi connectivity index (χ0n) is 18.6. The Kier molecular flexibility index (Phi) is 9.28. The second-order valence-corrected chi connectivity index (χ2v) is 8.86. The molecule has 0 saturated carbocycles. The van der Waals surface area contributed by atoms with Crippen LogP contribution in [0.1, 0.15) is 88.9 Å². The van der Waals surface area contributed by atoms with Crippen LogP contribution < -0.4 is 0 Å². The lowest BCUT2D eigenvalue weighted by molar-refractivity contribution is -0.117. The summed E-state index contributed by atoms with van der Waals surface area (Å²) < 4.78 is 5.34. The quantitative estimate of drug-likeness (QED) is 0.255. The number of aliphatic imine (C=N–C) groups is 1. The molecule has 0 unspecified atom stereocenters. The van der Waals surface area contributed by atoms with Gasteiger partial charge in [-0.15, -0.1) is 0 Å². The molecule has 0 saturated heterocycles. The Morgan fingerprint density at radius 1 is 1.07 bits per heavy atom. The van der Waals surface area contributed by atoms with Crippen molar-refractivity contribution in [2.75, 3.05) is 6.61 Å². The van der Waals surface area contributed by atoms with E-state index in [1.165, 1.54) is 38.3 Å². The van der Waals surface area contributed by atoms with Crippen LogP contribution in [0.4, 0.5) is 5.69 Å². The Labute approximate surface area is 180 Å². The fourth-order valence-corrected chi connectivity index (χ4v) is 3.58. The van der Waals surface area contributed by atoms with Crippen molar-refractivity contribution in [1.82, 2.24) is 0 Å². The highest BCUT2D eigenvalue weighted by Crippen LogP contribution is 2.35. The molecule has 0 radical (unpaired) electrons. The van der Waals surface area contributed by atoms with Crippen LogP contribution in [-0.2, 0) is 9.53 Å². The van der Waals surface area contributed by atoms with Gasteiger partial charge in [-0.3, -0.25) is 9.79 Å². The topological polar surface area (TPSA) is 76.0 Å². The molecule has 0 atom stereocenters. The SMILES string of the molecule is CCCCCCCCCOC(=O)c1ccc(N=CC2=C(O)CC(C)(C)CC2=O)cc1. The Morgan fingerprint density at radius 3 is 2.33 bits per heavy atom. The number of nitrogens with zero attached hydrogens (tertiary/aromatic N) is 1. The molecule has 1 aromatic rings. The number of allylic oxidation sites excluding steroid dienone is 2. The number of carbonyl (C=O) groups is 2. The molecule has 1 N–H and O–H groups in total. The summed E-state index contributed by atoms with van der Waals surface area (Å²) in [5.74, 6) is -0.342. The van der Waals surface area contributed by atoms with Crippen molar-refractivity contribution < 1.29 is 19.4 Å². The predicted molar refractivity (Wildman–Crippen MR) is 121 cm³/mol. The summed E-state index contributed by atoms with van der Waals surface area (Å²) in [7, 11) is 0. The largest absolute Gasteiger partial charge is 0.511 e. The summed E-state index contributed by atoms with van der Waals surface area (Å²) in [4.78, 5) is 28.6. The first-order valence-electron chi connectivity index (χ1n) is 11.1. The number of Topliss-reactive ketones (excluding diaryl/α,β-unsaturated/α-hetero) is 1. The van der Waals surface area contributed by atoms with Gasteiger partial charge in [-0.2, -0.15) is 0 Å². The van der Waals surface area contributed by atoms with Crippen LogP contribution in [0, 0.1) is 5.41 Å². The minimum Gasteiger partial charge on any atom is -0.511 e. The Morgan fingerprint density at radius 2 is 1.70 bits per heavy atom. The van der Waals surface area contributed by atoms with E-state index in [1.807, 2.05) is 13.8 Å². The minimum absolute atomic E-state index is 0.0885. The van der Waals surface area contributed by atoms with Crippen LogP contribution in [0.3, 0.4) is 0 Å². The number of hydrogen-bond donors (Lipinski definition) is 1. The van der Waals surface area contributed by atoms with Crippen molar-refractivity contribution >= 4 is 23.7 Å². The normalized spacial score (nSPS) is 16.3. The lowest BCUT2D eigenvalue weighted by atomic mass is 9.77. The van der Waals surface area contributed by atoms with Gasteiger partial charge >= 0.3 is 5.97 Å². The van der Waals surface area contributed by atoms with Crippen LogP contribution in [-0.4, -0.2) is 29.7 Å². The van der Waals surface area contributed by atoms with Crippen molar-refractivity contribution in [1.29, 1.82) is 0 Å². The molecule has 0 aromatic heterocycles. The van der Waals surface area contributed by atoms with Crippen LogP contribution in [0.5, 0.6) is 0 Å². The molecule has 1 aromatic carbocycles. The zero-order valence-corrected chi connectivity index (χ0v) is 18.6. The molecule has 0 heterocycles. The number of unbranched alkanes of at least 4 members (excludes halogenated alkanes) is 6. The van der Waals surface area contributed by atoms with E-state index < -0.39 is 0 Å². The predicted octanol–water partition coefficient (Wildman–Crippen LogP) is 6.50. The van der Waals surface area contributed by atoms with Gasteiger partial charge in [0.15, 0.2) is 5.78 Å². The molecule has 1 aliphatic rings. The summed E-state index contributed by atoms with van der Waals surface area (Å²) in [5, 5.41) is 10.2. The van der Waals surface area contributed by atoms with E-state index in [-0.39, 0.29) is 28.5 Å². The molecule has 0 spiro atoms. The Bertz CT molecular complexity index is 775. The van der Waals surface area contributed by atoms with Gasteiger partial charge in [-0.25, -0.2) is 4.79 Å². The molecule has 0 aliphatic heterocycles. The van der Waals surface area contributed by atoms with E-state index in [2.05, 4.69) is 11.9 Å². The first-order valence-corrected chi connectivity index (χ1v) is 11.1. The molecule has 164 valence electrons. The number of benzene rings is 1. The monoisotopic (exact) mass is 413 g/mol. The van der Waals surface area contributed by atoms with Gasteiger partial charge in [-0.05, 0) is 36.1 Å². The molecular weight excluding hydrogens is 378 g/mol. The Balaban J connectivity index is 1.80. The molecule has 2 rings (SSSR count). The number of rotatable bonds is 11. The first-order chi connectivity index (χ1) is 14.3. The Hall–Kier alpha value is -2.43. The lowest BCUT2D eigenvalue weighted by Gasteiger charge is -2.28. The summed E-state index contributed by atoms with van der Waals surface area (Å²) in [6.07, 6.45) is 10.5. The molecule has 1 aliphatic carbocycles. The molecule has 0 amide bonds. The fraction of sp³-hybridized carbons (Fsp3) is 0.560. The second kappa shape index (κ2) is 11.7. The van der Waals surface area contributed by atoms with Crippen LogP contribution in [0.15, 0.2) is 40.6 Å². The van der Waals surface area contributed by atoms with Crippen LogP contribution in [0.2, 0.25) is 0 Å². The van der Waals surface area contributed by atoms with Crippen molar-refractivity contribution in [3.05, 3.63) is 41.2 Å². The van der Waals surface area contributed by atoms with E-state index in [1.54, 1.807) is 24.3 Å². The highest BCUT2D eigenvalue weighted by atomic mass is 16.5. The van der Waals surface area contributed by atoms with Gasteiger partial charge in [0.25, 0.3) is 0 Å². The number of aliphatic hydroxyl groups excluding tert-OH is 1. The van der Waals surface area contributed by atoms with Crippen molar-refractivity contribution in [2.24, 2.45) is 10.4 Å². The van der Waals surface area contributed by atoms with Gasteiger partial charge in [0.05, 0.1) is 23.4 Å². The molecule has 5 heteroatoms. The maximum absolute atomic E-state index is 12.2. The van der Waals surface area contributed by atoms with E-state index in [9.17, 15) is 14.7 Å². The van der Waals surface area contributed by atoms with Crippen LogP contribution >= 0.6 is 0 Å². The third-order valence-electron chi connectivity index (χ3n) is 5.32. The standard InChI is InChI=1S/C25H35NO4/c1-4-5-6-7-8-9-10-15-30-24(29)19-11-13-20(14-12-19)26-18-21-22(27)16-25(2,3)17-23(21)28/h11-14,18,27H,4-10,15-17H2,1-3H3. The maximum Gasteiger partial charge on any atom is 0.338 e. The highest BCUT2D eigenvalue weighted by Gasteiger charge is 2.32. The molecule has 0 bridgehead atoms. The second-order valence-electron chi connectivity index (χ2n) is 8.86. The van der Waals surface area contributed by atoms with Gasteiger partial charge in [0.1, 0.15) is 5.76 Å². The number of aliphatic hydroxyl groups is 1. The molecule has 5 nitrogen and oxygen atoms in total. The number of hydrogen-bond acceptors (Lipinski definition) is 5. The average molecular weight is 414 g/mol. The average Bonchev–Trinajstić information content (AvgIpc) is 2.68. The minimum atomic E-state index is -0.332. The van der Waals surface area contributed by atoms with E-state index in [0.717, 1.165) is 12.8 Å². The fourth-order valence-electron chi connectivity index (χ4n) is 3.58. The number of carbonyl (C=O) groups excluding carboxylic acids is 2. The number of esters is 1. The van der Waals surface area contributed by atoms with Gasteiger partial charge < -0.3 is 9.84 Å². The molecular formula is C25H35NO4. The molecule has 0 fully saturated rings. The van der Waals surface area contributed by atoms with Crippen LogP contribution in [0.25, 0.3) is 0 Å². The number of ether oxygens (including phenoxy) is 1. The summed E-state index contributed by atoms with van der Waals surface area (Å²) in [6.45, 7) is 6.57. The summed E-state index contributed by atoms with van der Waals surface area (Å²) >= 11 is 0. The highest BCUT2D eigenvalue weighted by molar-refractivity contribution is 6.14. The first kappa shape index (κ1) is 23.8. The summed E-state index contributed by atoms with van der Waals surface area (Å²) in [5.41, 5.74) is 1.13. The van der Waals surface area contributed by atoms with Gasteiger partial charge in [0, 0.05) is 19.1 Å². The number of ketones is 1. The lowest BCUT2D eigenvalue weighted by Crippen LogP contribution is -2.26. The van der Waals surface area contributed by atoms with E-state index >= 15 is 0 Å². The van der Waals surface area contributed by atoms with Crippen molar-refractivity contribution in [2.45, 2.75) is 78.6 Å². The van der Waals surface area contributed by atoms with Gasteiger partial charge in [0.2, 0.25) is 0 Å². The molecule has 30 heavy (non-hydrogen) atoms. The van der Waals surface area contributed by atoms with E-state index in [0.29, 0.717) is 30.7 Å². The zero-order chi connectivity index (χ0) is 22.0. The smallest absolute Gasteiger partial charge is 0.338 e. The maximum atomic E-state index is 12.2. The van der Waals surface area contributed by atoms with E-state index in [4.69, 9.17) is 4.74 Å². The third-order valence-corrected chi connectivity index (χ3v) is 5.32. The van der Waals surface area contributed by atoms with Crippen molar-refractivity contribution in [3.63, 3.8) is 0 Å². The third kappa shape index (κ3) is 7.77. The summed E-state index contributed by atoms with van der Waals surface area (Å²) in [6, 6.07) is 6.74. The van der Waals surface area contributed by atoms with Crippen molar-refractivity contribution in [3.8, 4) is 0 Å². The van der Waals surface area contributed by atoms with Gasteiger partial charge in [-0.1, -0.05) is 59.3 Å².